The Morgan fingerprint density at radius 3 is 2.14 bits per heavy atom. The maximum absolute atomic E-state index is 13.5. The first-order valence-electron chi connectivity index (χ1n) is 10.2. The Morgan fingerprint density at radius 2 is 1.66 bits per heavy atom. The Labute approximate surface area is 178 Å². The standard InChI is InChI=1S/C21H28ClN3O3S/c1-16(2)19(15-23)24-11-13-25(14-12-24)20(26)21(9-3-4-10-21)29(27,28)18-7-5-17(22)6-8-18/h5-8,16,19H,3-4,9-14H2,1-2H3. The lowest BCUT2D eigenvalue weighted by Gasteiger charge is -2.41. The van der Waals surface area contributed by atoms with Crippen molar-refractivity contribution in [1.82, 2.24) is 9.80 Å². The van der Waals surface area contributed by atoms with Crippen LogP contribution < -0.4 is 0 Å². The number of carbonyl (C=O) groups is 1. The number of piperazine rings is 1. The van der Waals surface area contributed by atoms with E-state index >= 15 is 0 Å². The first-order valence-corrected chi connectivity index (χ1v) is 12.0. The molecule has 1 aromatic carbocycles. The van der Waals surface area contributed by atoms with Gasteiger partial charge in [-0.2, -0.15) is 5.26 Å². The number of amides is 1. The second-order valence-electron chi connectivity index (χ2n) is 8.30. The summed E-state index contributed by atoms with van der Waals surface area (Å²) in [6, 6.07) is 8.23. The molecule has 0 spiro atoms. The van der Waals surface area contributed by atoms with Crippen LogP contribution in [0.25, 0.3) is 0 Å². The summed E-state index contributed by atoms with van der Waals surface area (Å²) in [5, 5.41) is 9.89. The second kappa shape index (κ2) is 8.63. The highest BCUT2D eigenvalue weighted by Crippen LogP contribution is 2.42. The van der Waals surface area contributed by atoms with Crippen LogP contribution in [-0.4, -0.2) is 61.1 Å². The summed E-state index contributed by atoms with van der Waals surface area (Å²) in [6.07, 6.45) is 2.15. The van der Waals surface area contributed by atoms with Crippen LogP contribution >= 0.6 is 11.6 Å². The summed E-state index contributed by atoms with van der Waals surface area (Å²) >= 11 is 5.92. The molecule has 1 unspecified atom stereocenters. The van der Waals surface area contributed by atoms with E-state index in [1.54, 1.807) is 17.0 Å². The van der Waals surface area contributed by atoms with Crippen LogP contribution in [0.3, 0.4) is 0 Å². The van der Waals surface area contributed by atoms with Crippen molar-refractivity contribution in [3.8, 4) is 6.07 Å². The monoisotopic (exact) mass is 437 g/mol. The van der Waals surface area contributed by atoms with Gasteiger partial charge in [-0.15, -0.1) is 0 Å². The van der Waals surface area contributed by atoms with E-state index < -0.39 is 14.6 Å². The molecule has 2 aliphatic rings. The minimum atomic E-state index is -3.83. The minimum absolute atomic E-state index is 0.153. The number of rotatable bonds is 5. The fourth-order valence-electron chi connectivity index (χ4n) is 4.53. The van der Waals surface area contributed by atoms with E-state index in [1.807, 2.05) is 13.8 Å². The molecule has 8 heteroatoms. The van der Waals surface area contributed by atoms with E-state index in [0.29, 0.717) is 44.0 Å². The maximum Gasteiger partial charge on any atom is 0.244 e. The predicted octanol–water partition coefficient (Wildman–Crippen LogP) is 3.12. The lowest BCUT2D eigenvalue weighted by Crippen LogP contribution is -2.59. The van der Waals surface area contributed by atoms with Crippen LogP contribution in [-0.2, 0) is 14.6 Å². The number of sulfone groups is 1. The molecule has 1 atom stereocenters. The summed E-state index contributed by atoms with van der Waals surface area (Å²) in [4.78, 5) is 17.5. The zero-order valence-electron chi connectivity index (χ0n) is 17.0. The zero-order chi connectivity index (χ0) is 21.2. The van der Waals surface area contributed by atoms with Gasteiger partial charge < -0.3 is 4.90 Å². The number of benzene rings is 1. The van der Waals surface area contributed by atoms with Crippen LogP contribution in [0.1, 0.15) is 39.5 Å². The van der Waals surface area contributed by atoms with Crippen LogP contribution in [0.2, 0.25) is 5.02 Å². The van der Waals surface area contributed by atoms with E-state index in [9.17, 15) is 18.5 Å². The first kappa shape index (κ1) is 22.1. The number of carbonyl (C=O) groups excluding carboxylic acids is 1. The molecule has 158 valence electrons. The summed E-state index contributed by atoms with van der Waals surface area (Å²) in [7, 11) is -3.83. The van der Waals surface area contributed by atoms with Crippen molar-refractivity contribution in [1.29, 1.82) is 5.26 Å². The van der Waals surface area contributed by atoms with Gasteiger partial charge in [0.05, 0.1) is 11.0 Å². The zero-order valence-corrected chi connectivity index (χ0v) is 18.5. The first-order chi connectivity index (χ1) is 13.7. The second-order valence-corrected chi connectivity index (χ2v) is 11.0. The highest BCUT2D eigenvalue weighted by molar-refractivity contribution is 7.93. The van der Waals surface area contributed by atoms with Crippen molar-refractivity contribution >= 4 is 27.3 Å². The molecular formula is C21H28ClN3O3S. The topological polar surface area (TPSA) is 81.5 Å². The number of nitriles is 1. The normalized spacial score (nSPS) is 21.1. The van der Waals surface area contributed by atoms with Gasteiger partial charge in [-0.25, -0.2) is 8.42 Å². The number of halogens is 1. The smallest absolute Gasteiger partial charge is 0.244 e. The highest BCUT2D eigenvalue weighted by Gasteiger charge is 2.54. The van der Waals surface area contributed by atoms with E-state index in [-0.39, 0.29) is 22.8 Å². The van der Waals surface area contributed by atoms with E-state index in [1.165, 1.54) is 12.1 Å². The van der Waals surface area contributed by atoms with Crippen LogP contribution in [0.5, 0.6) is 0 Å². The lowest BCUT2D eigenvalue weighted by atomic mass is 10.0. The van der Waals surface area contributed by atoms with Crippen molar-refractivity contribution < 1.29 is 13.2 Å². The number of hydrogen-bond acceptors (Lipinski definition) is 5. The van der Waals surface area contributed by atoms with Crippen molar-refractivity contribution in [2.24, 2.45) is 5.92 Å². The highest BCUT2D eigenvalue weighted by atomic mass is 35.5. The molecule has 1 aliphatic carbocycles. The van der Waals surface area contributed by atoms with Gasteiger partial charge in [0.1, 0.15) is 6.04 Å². The Morgan fingerprint density at radius 1 is 1.10 bits per heavy atom. The third-order valence-corrected chi connectivity index (χ3v) is 8.95. The van der Waals surface area contributed by atoms with Gasteiger partial charge in [0.25, 0.3) is 0 Å². The molecule has 1 aromatic rings. The van der Waals surface area contributed by atoms with Gasteiger partial charge in [-0.3, -0.25) is 9.69 Å². The maximum atomic E-state index is 13.5. The molecule has 6 nitrogen and oxygen atoms in total. The fraction of sp³-hybridized carbons (Fsp3) is 0.619. The molecule has 29 heavy (non-hydrogen) atoms. The van der Waals surface area contributed by atoms with Crippen molar-refractivity contribution in [2.45, 2.75) is 55.2 Å². The molecule has 1 aliphatic heterocycles. The Hall–Kier alpha value is -1.62. The van der Waals surface area contributed by atoms with Crippen LogP contribution in [0.15, 0.2) is 29.2 Å². The van der Waals surface area contributed by atoms with Crippen LogP contribution in [0, 0.1) is 17.2 Å². The van der Waals surface area contributed by atoms with Gasteiger partial charge in [0, 0.05) is 31.2 Å². The Kier molecular flexibility index (Phi) is 6.57. The molecule has 1 saturated heterocycles. The van der Waals surface area contributed by atoms with Gasteiger partial charge in [0.15, 0.2) is 14.6 Å². The van der Waals surface area contributed by atoms with E-state index in [2.05, 4.69) is 11.0 Å². The number of hydrogen-bond donors (Lipinski definition) is 0. The largest absolute Gasteiger partial charge is 0.339 e. The SMILES string of the molecule is CC(C)C(C#N)N1CCN(C(=O)C2(S(=O)(=O)c3ccc(Cl)cc3)CCCC2)CC1. The van der Waals surface area contributed by atoms with Crippen molar-refractivity contribution in [2.75, 3.05) is 26.2 Å². The molecule has 0 N–H and O–H groups in total. The van der Waals surface area contributed by atoms with Gasteiger partial charge in [0.2, 0.25) is 5.91 Å². The fourth-order valence-corrected chi connectivity index (χ4v) is 6.78. The molecule has 2 fully saturated rings. The van der Waals surface area contributed by atoms with E-state index in [4.69, 9.17) is 11.6 Å². The molecule has 1 saturated carbocycles. The molecule has 3 rings (SSSR count). The molecular weight excluding hydrogens is 410 g/mol. The third-order valence-electron chi connectivity index (χ3n) is 6.20. The Balaban J connectivity index is 1.82. The Bertz CT molecular complexity index is 879. The average molecular weight is 438 g/mol. The molecule has 0 radical (unpaired) electrons. The number of nitrogens with zero attached hydrogens (tertiary/aromatic N) is 3. The molecule has 1 amide bonds. The molecule has 1 heterocycles. The summed E-state index contributed by atoms with van der Waals surface area (Å²) in [5.74, 6) is -0.0867. The van der Waals surface area contributed by atoms with E-state index in [0.717, 1.165) is 12.8 Å². The van der Waals surface area contributed by atoms with Gasteiger partial charge in [-0.05, 0) is 43.0 Å². The average Bonchev–Trinajstić information content (AvgIpc) is 3.20. The molecule has 0 aromatic heterocycles. The lowest BCUT2D eigenvalue weighted by molar-refractivity contribution is -0.136. The van der Waals surface area contributed by atoms with Crippen molar-refractivity contribution in [3.05, 3.63) is 29.3 Å². The summed E-state index contributed by atoms with van der Waals surface area (Å²) in [6.45, 7) is 6.08. The minimum Gasteiger partial charge on any atom is -0.339 e. The predicted molar refractivity (Wildman–Crippen MR) is 112 cm³/mol. The molecule has 0 bridgehead atoms. The summed E-state index contributed by atoms with van der Waals surface area (Å²) < 4.78 is 25.6. The van der Waals surface area contributed by atoms with Crippen molar-refractivity contribution in [3.63, 3.8) is 0 Å². The summed E-state index contributed by atoms with van der Waals surface area (Å²) in [5.41, 5.74) is 0. The quantitative estimate of drug-likeness (QED) is 0.706. The van der Waals surface area contributed by atoms with Gasteiger partial charge >= 0.3 is 0 Å². The van der Waals surface area contributed by atoms with Crippen LogP contribution in [0.4, 0.5) is 0 Å². The third kappa shape index (κ3) is 4.03. The van der Waals surface area contributed by atoms with Gasteiger partial charge in [-0.1, -0.05) is 38.3 Å².